The van der Waals surface area contributed by atoms with Gasteiger partial charge in [0.15, 0.2) is 11.5 Å². The van der Waals surface area contributed by atoms with Crippen LogP contribution in [-0.2, 0) is 0 Å². The van der Waals surface area contributed by atoms with Crippen molar-refractivity contribution in [3.8, 4) is 11.5 Å². The summed E-state index contributed by atoms with van der Waals surface area (Å²) in [5, 5.41) is 6.11. The molecular weight excluding hydrogens is 374 g/mol. The van der Waals surface area contributed by atoms with Crippen LogP contribution in [0, 0.1) is 0 Å². The fourth-order valence-corrected chi connectivity index (χ4v) is 3.86. The summed E-state index contributed by atoms with van der Waals surface area (Å²) in [5.41, 5.74) is 2.17. The Morgan fingerprint density at radius 2 is 1.95 bits per heavy atom. The smallest absolute Gasteiger partial charge is 0.162 e. The first-order chi connectivity index (χ1) is 10.2. The van der Waals surface area contributed by atoms with Gasteiger partial charge < -0.3 is 14.8 Å². The number of hydrogen-bond acceptors (Lipinski definition) is 4. The maximum absolute atomic E-state index is 6.46. The van der Waals surface area contributed by atoms with Crippen LogP contribution in [0.4, 0.5) is 0 Å². The summed E-state index contributed by atoms with van der Waals surface area (Å²) in [6, 6.07) is 5.96. The van der Waals surface area contributed by atoms with E-state index in [1.807, 2.05) is 19.2 Å². The van der Waals surface area contributed by atoms with E-state index < -0.39 is 0 Å². The van der Waals surface area contributed by atoms with E-state index in [2.05, 4.69) is 32.7 Å². The van der Waals surface area contributed by atoms with Gasteiger partial charge in [-0.3, -0.25) is 0 Å². The Hall–Kier alpha value is -0.750. The Kier molecular flexibility index (Phi) is 4.74. The minimum absolute atomic E-state index is 0.0252. The average molecular weight is 389 g/mol. The van der Waals surface area contributed by atoms with Crippen molar-refractivity contribution >= 4 is 38.9 Å². The summed E-state index contributed by atoms with van der Waals surface area (Å²) in [7, 11) is 1.93. The van der Waals surface area contributed by atoms with E-state index in [-0.39, 0.29) is 6.04 Å². The molecule has 2 heterocycles. The van der Waals surface area contributed by atoms with Crippen molar-refractivity contribution in [2.75, 3.05) is 20.3 Å². The van der Waals surface area contributed by atoms with Gasteiger partial charge in [0.05, 0.1) is 23.0 Å². The molecule has 1 N–H and O–H groups in total. The molecule has 6 heteroatoms. The van der Waals surface area contributed by atoms with Gasteiger partial charge in [-0.25, -0.2) is 0 Å². The third-order valence-corrected chi connectivity index (χ3v) is 5.24. The molecule has 1 aromatic carbocycles. The number of rotatable bonds is 3. The van der Waals surface area contributed by atoms with Crippen molar-refractivity contribution in [3.63, 3.8) is 0 Å². The molecule has 0 saturated heterocycles. The number of hydrogen-bond donors (Lipinski definition) is 1. The summed E-state index contributed by atoms with van der Waals surface area (Å²) in [4.78, 5) is 0. The molecule has 0 fully saturated rings. The van der Waals surface area contributed by atoms with Gasteiger partial charge in [0.25, 0.3) is 0 Å². The van der Waals surface area contributed by atoms with Crippen molar-refractivity contribution in [2.45, 2.75) is 12.5 Å². The van der Waals surface area contributed by atoms with E-state index in [9.17, 15) is 0 Å². The molecule has 0 bridgehead atoms. The fraction of sp³-hybridized carbons (Fsp3) is 0.333. The van der Waals surface area contributed by atoms with Crippen LogP contribution < -0.4 is 14.8 Å². The normalized spacial score (nSPS) is 15.6. The first-order valence-corrected chi connectivity index (χ1v) is 8.74. The Morgan fingerprint density at radius 3 is 2.57 bits per heavy atom. The standard InChI is InChI=1S/C15H15BrClNO2S/c1-18-15(9-5-14(16)21-8-9)10-6-12-13(7-11(10)17)20-4-2-3-19-12/h5-8,15,18H,2-4H2,1H3. The molecule has 0 saturated carbocycles. The molecule has 2 aromatic rings. The number of ether oxygens (including phenoxy) is 2. The van der Waals surface area contributed by atoms with E-state index in [1.54, 1.807) is 11.3 Å². The van der Waals surface area contributed by atoms with Crippen LogP contribution in [-0.4, -0.2) is 20.3 Å². The van der Waals surface area contributed by atoms with Crippen LogP contribution in [0.2, 0.25) is 5.02 Å². The van der Waals surface area contributed by atoms with Gasteiger partial charge >= 0.3 is 0 Å². The Balaban J connectivity index is 2.02. The molecule has 112 valence electrons. The third-order valence-electron chi connectivity index (χ3n) is 3.39. The SMILES string of the molecule is CNC(c1csc(Br)c1)c1cc2c(cc1Cl)OCCCO2. The predicted octanol–water partition coefficient (Wildman–Crippen LogP) is 4.63. The van der Waals surface area contributed by atoms with Crippen molar-refractivity contribution in [3.05, 3.63) is 43.5 Å². The minimum Gasteiger partial charge on any atom is -0.490 e. The summed E-state index contributed by atoms with van der Waals surface area (Å²) in [6.07, 6.45) is 0.883. The fourth-order valence-electron chi connectivity index (χ4n) is 2.40. The second-order valence-corrected chi connectivity index (χ2v) is 7.47. The predicted molar refractivity (Wildman–Crippen MR) is 90.0 cm³/mol. The van der Waals surface area contributed by atoms with Gasteiger partial charge in [0, 0.05) is 17.5 Å². The van der Waals surface area contributed by atoms with E-state index in [1.165, 1.54) is 5.56 Å². The van der Waals surface area contributed by atoms with Crippen LogP contribution in [0.3, 0.4) is 0 Å². The number of halogens is 2. The zero-order valence-corrected chi connectivity index (χ0v) is 14.6. The lowest BCUT2D eigenvalue weighted by molar-refractivity contribution is 0.297. The van der Waals surface area contributed by atoms with Crippen LogP contribution >= 0.6 is 38.9 Å². The Labute approximate surface area is 141 Å². The maximum atomic E-state index is 6.46. The molecule has 21 heavy (non-hydrogen) atoms. The van der Waals surface area contributed by atoms with Gasteiger partial charge in [-0.15, -0.1) is 11.3 Å². The highest BCUT2D eigenvalue weighted by Gasteiger charge is 2.21. The minimum atomic E-state index is 0.0252. The Morgan fingerprint density at radius 1 is 1.24 bits per heavy atom. The van der Waals surface area contributed by atoms with Crippen LogP contribution in [0.5, 0.6) is 11.5 Å². The number of benzene rings is 1. The highest BCUT2D eigenvalue weighted by atomic mass is 79.9. The molecule has 0 amide bonds. The molecule has 3 nitrogen and oxygen atoms in total. The molecule has 3 rings (SSSR count). The van der Waals surface area contributed by atoms with Crippen molar-refractivity contribution in [1.82, 2.24) is 5.32 Å². The van der Waals surface area contributed by atoms with Crippen molar-refractivity contribution in [1.29, 1.82) is 0 Å². The van der Waals surface area contributed by atoms with Crippen LogP contribution in [0.1, 0.15) is 23.6 Å². The van der Waals surface area contributed by atoms with Gasteiger partial charge in [0.1, 0.15) is 0 Å². The van der Waals surface area contributed by atoms with Crippen LogP contribution in [0.15, 0.2) is 27.4 Å². The van der Waals surface area contributed by atoms with Gasteiger partial charge in [-0.2, -0.15) is 0 Å². The lowest BCUT2D eigenvalue weighted by Gasteiger charge is -2.19. The van der Waals surface area contributed by atoms with Gasteiger partial charge in [-0.05, 0) is 51.6 Å². The summed E-state index contributed by atoms with van der Waals surface area (Å²) in [6.45, 7) is 1.33. The maximum Gasteiger partial charge on any atom is 0.162 e. The summed E-state index contributed by atoms with van der Waals surface area (Å²) >= 11 is 11.6. The largest absolute Gasteiger partial charge is 0.490 e. The second kappa shape index (κ2) is 6.57. The third kappa shape index (κ3) is 3.21. The zero-order valence-electron chi connectivity index (χ0n) is 11.5. The molecule has 0 aliphatic carbocycles. The van der Waals surface area contributed by atoms with Crippen molar-refractivity contribution < 1.29 is 9.47 Å². The van der Waals surface area contributed by atoms with Gasteiger partial charge in [0.2, 0.25) is 0 Å². The monoisotopic (exact) mass is 387 g/mol. The molecule has 1 aliphatic rings. The van der Waals surface area contributed by atoms with Crippen LogP contribution in [0.25, 0.3) is 0 Å². The molecule has 1 aliphatic heterocycles. The van der Waals surface area contributed by atoms with E-state index in [0.717, 1.165) is 27.3 Å². The quantitative estimate of drug-likeness (QED) is 0.831. The molecular formula is C15H15BrClNO2S. The topological polar surface area (TPSA) is 30.5 Å². The first-order valence-electron chi connectivity index (χ1n) is 6.69. The van der Waals surface area contributed by atoms with E-state index in [4.69, 9.17) is 21.1 Å². The molecule has 1 atom stereocenters. The van der Waals surface area contributed by atoms with E-state index >= 15 is 0 Å². The lowest BCUT2D eigenvalue weighted by atomic mass is 10.0. The zero-order chi connectivity index (χ0) is 14.8. The van der Waals surface area contributed by atoms with Crippen molar-refractivity contribution in [2.24, 2.45) is 0 Å². The van der Waals surface area contributed by atoms with E-state index in [0.29, 0.717) is 18.2 Å². The average Bonchev–Trinajstić information content (AvgIpc) is 2.76. The Bertz CT molecular complexity index is 647. The second-order valence-electron chi connectivity index (χ2n) is 4.78. The molecule has 0 spiro atoms. The highest BCUT2D eigenvalue weighted by Crippen LogP contribution is 2.40. The highest BCUT2D eigenvalue weighted by molar-refractivity contribution is 9.11. The lowest BCUT2D eigenvalue weighted by Crippen LogP contribution is -2.17. The number of thiophene rings is 1. The number of fused-ring (bicyclic) bond motifs is 1. The molecule has 0 radical (unpaired) electrons. The summed E-state index contributed by atoms with van der Waals surface area (Å²) in [5.74, 6) is 1.49. The number of nitrogens with one attached hydrogen (secondary N) is 1. The summed E-state index contributed by atoms with van der Waals surface area (Å²) < 4.78 is 12.5. The first kappa shape index (κ1) is 15.2. The van der Waals surface area contributed by atoms with Gasteiger partial charge in [-0.1, -0.05) is 11.6 Å². The molecule has 1 aromatic heterocycles. The molecule has 1 unspecified atom stereocenters.